The summed E-state index contributed by atoms with van der Waals surface area (Å²) < 4.78 is 31.5. The van der Waals surface area contributed by atoms with Crippen molar-refractivity contribution in [1.82, 2.24) is 29.3 Å². The Hall–Kier alpha value is -2.27. The summed E-state index contributed by atoms with van der Waals surface area (Å²) in [5, 5.41) is 6.76. The van der Waals surface area contributed by atoms with Gasteiger partial charge in [0.2, 0.25) is 15.9 Å². The number of hydrogen-bond acceptors (Lipinski definition) is 7. The van der Waals surface area contributed by atoms with Crippen LogP contribution in [0.4, 0.5) is 0 Å². The van der Waals surface area contributed by atoms with Crippen molar-refractivity contribution >= 4 is 15.9 Å². The Morgan fingerprint density at radius 2 is 2.12 bits per heavy atom. The maximum absolute atomic E-state index is 11.9. The summed E-state index contributed by atoms with van der Waals surface area (Å²) in [5.41, 5.74) is 0.358. The van der Waals surface area contributed by atoms with Gasteiger partial charge < -0.3 is 14.4 Å². The minimum Gasteiger partial charge on any atom is -0.350 e. The monoisotopic (exact) mass is 382 g/mol. The van der Waals surface area contributed by atoms with Gasteiger partial charge in [0.15, 0.2) is 5.82 Å². The second-order valence-corrected chi connectivity index (χ2v) is 8.40. The van der Waals surface area contributed by atoms with E-state index >= 15 is 0 Å². The van der Waals surface area contributed by atoms with Gasteiger partial charge in [-0.3, -0.25) is 4.79 Å². The van der Waals surface area contributed by atoms with Crippen LogP contribution in [0.2, 0.25) is 0 Å². The van der Waals surface area contributed by atoms with Gasteiger partial charge in [-0.2, -0.15) is 4.98 Å². The zero-order chi connectivity index (χ0) is 18.7. The van der Waals surface area contributed by atoms with Crippen LogP contribution in [0.5, 0.6) is 0 Å². The Balaban J connectivity index is 1.47. The molecular formula is C15H22N6O4S. The zero-order valence-electron chi connectivity index (χ0n) is 14.8. The van der Waals surface area contributed by atoms with E-state index in [1.165, 1.54) is 10.6 Å². The topological polar surface area (TPSA) is 123 Å². The summed E-state index contributed by atoms with van der Waals surface area (Å²) in [7, 11) is -1.35. The fourth-order valence-corrected chi connectivity index (χ4v) is 3.76. The van der Waals surface area contributed by atoms with Crippen molar-refractivity contribution in [2.24, 2.45) is 7.05 Å². The van der Waals surface area contributed by atoms with Crippen LogP contribution in [0.15, 0.2) is 17.0 Å². The molecule has 0 aromatic carbocycles. The van der Waals surface area contributed by atoms with Gasteiger partial charge in [0, 0.05) is 45.2 Å². The summed E-state index contributed by atoms with van der Waals surface area (Å²) in [6, 6.07) is 0. The van der Waals surface area contributed by atoms with E-state index in [1.807, 2.05) is 0 Å². The van der Waals surface area contributed by atoms with E-state index in [1.54, 1.807) is 24.1 Å². The molecule has 0 aliphatic carbocycles. The molecule has 3 heterocycles. The summed E-state index contributed by atoms with van der Waals surface area (Å²) in [5.74, 6) is 0.892. The standard InChI is InChI=1S/C15H22N6O4S/c1-20-9-12(17-10-20)15(22)16-6-3-13-18-14(19-25-13)11-4-7-21(8-5-11)26(2,23)24/h9-11H,3-8H2,1-2H3,(H,16,22). The molecule has 1 aliphatic heterocycles. The SMILES string of the molecule is Cn1cnc(C(=O)NCCc2nc(C3CCN(S(C)(=O)=O)CC3)no2)c1. The number of carbonyl (C=O) groups is 1. The fourth-order valence-electron chi connectivity index (χ4n) is 2.88. The molecule has 142 valence electrons. The number of piperidine rings is 1. The number of aryl methyl sites for hydroxylation is 1. The second kappa shape index (κ2) is 7.54. The van der Waals surface area contributed by atoms with Crippen molar-refractivity contribution in [3.05, 3.63) is 29.9 Å². The Kier molecular flexibility index (Phi) is 5.37. The highest BCUT2D eigenvalue weighted by molar-refractivity contribution is 7.88. The number of nitrogens with zero attached hydrogens (tertiary/aromatic N) is 5. The highest BCUT2D eigenvalue weighted by Gasteiger charge is 2.28. The molecule has 2 aromatic rings. The van der Waals surface area contributed by atoms with Crippen molar-refractivity contribution in [2.45, 2.75) is 25.2 Å². The lowest BCUT2D eigenvalue weighted by atomic mass is 9.97. The predicted molar refractivity (Wildman–Crippen MR) is 91.9 cm³/mol. The van der Waals surface area contributed by atoms with Crippen molar-refractivity contribution < 1.29 is 17.7 Å². The number of imidazole rings is 1. The molecule has 0 bridgehead atoms. The van der Waals surface area contributed by atoms with Gasteiger partial charge in [0.05, 0.1) is 12.6 Å². The lowest BCUT2D eigenvalue weighted by Gasteiger charge is -2.28. The largest absolute Gasteiger partial charge is 0.350 e. The van der Waals surface area contributed by atoms with Crippen LogP contribution in [0.3, 0.4) is 0 Å². The van der Waals surface area contributed by atoms with Gasteiger partial charge in [0.1, 0.15) is 5.69 Å². The van der Waals surface area contributed by atoms with Gasteiger partial charge in [-0.05, 0) is 12.8 Å². The summed E-state index contributed by atoms with van der Waals surface area (Å²) in [4.78, 5) is 20.3. The third-order valence-corrected chi connectivity index (χ3v) is 5.64. The van der Waals surface area contributed by atoms with Gasteiger partial charge in [-0.1, -0.05) is 5.16 Å². The highest BCUT2D eigenvalue weighted by atomic mass is 32.2. The maximum atomic E-state index is 11.9. The maximum Gasteiger partial charge on any atom is 0.271 e. The number of nitrogens with one attached hydrogen (secondary N) is 1. The predicted octanol–water partition coefficient (Wildman–Crippen LogP) is -0.0854. The Bertz CT molecular complexity index is 866. The van der Waals surface area contributed by atoms with Crippen LogP contribution >= 0.6 is 0 Å². The minimum atomic E-state index is -3.15. The normalized spacial score (nSPS) is 16.7. The first-order valence-corrected chi connectivity index (χ1v) is 10.2. The molecule has 10 nitrogen and oxygen atoms in total. The molecule has 1 N–H and O–H groups in total. The number of hydrogen-bond donors (Lipinski definition) is 1. The molecule has 1 aliphatic rings. The van der Waals surface area contributed by atoms with Crippen molar-refractivity contribution in [1.29, 1.82) is 0 Å². The molecule has 0 unspecified atom stereocenters. The fraction of sp³-hybridized carbons (Fsp3) is 0.600. The lowest BCUT2D eigenvalue weighted by Crippen LogP contribution is -2.37. The van der Waals surface area contributed by atoms with Crippen LogP contribution < -0.4 is 5.32 Å². The second-order valence-electron chi connectivity index (χ2n) is 6.41. The average Bonchev–Trinajstić information content (AvgIpc) is 3.23. The molecule has 0 spiro atoms. The summed E-state index contributed by atoms with van der Waals surface area (Å²) >= 11 is 0. The molecule has 0 radical (unpaired) electrons. The average molecular weight is 382 g/mol. The van der Waals surface area contributed by atoms with Crippen molar-refractivity contribution in [3.63, 3.8) is 0 Å². The van der Waals surface area contributed by atoms with E-state index < -0.39 is 10.0 Å². The van der Waals surface area contributed by atoms with Crippen LogP contribution in [-0.4, -0.2) is 64.2 Å². The number of carbonyl (C=O) groups excluding carboxylic acids is 1. The van der Waals surface area contributed by atoms with Crippen LogP contribution in [0, 0.1) is 0 Å². The molecule has 3 rings (SSSR count). The zero-order valence-corrected chi connectivity index (χ0v) is 15.6. The van der Waals surface area contributed by atoms with E-state index in [4.69, 9.17) is 4.52 Å². The quantitative estimate of drug-likeness (QED) is 0.741. The molecule has 1 fully saturated rings. The molecule has 26 heavy (non-hydrogen) atoms. The van der Waals surface area contributed by atoms with E-state index in [0.717, 1.165) is 0 Å². The number of aromatic nitrogens is 4. The van der Waals surface area contributed by atoms with E-state index in [9.17, 15) is 13.2 Å². The highest BCUT2D eigenvalue weighted by Crippen LogP contribution is 2.26. The van der Waals surface area contributed by atoms with Gasteiger partial charge in [-0.25, -0.2) is 17.7 Å². The van der Waals surface area contributed by atoms with Crippen LogP contribution in [0.1, 0.15) is 41.0 Å². The molecule has 11 heteroatoms. The number of rotatable bonds is 6. The first-order chi connectivity index (χ1) is 12.3. The number of sulfonamides is 1. The first-order valence-electron chi connectivity index (χ1n) is 8.36. The lowest BCUT2D eigenvalue weighted by molar-refractivity contribution is 0.0949. The van der Waals surface area contributed by atoms with E-state index in [2.05, 4.69) is 20.4 Å². The van der Waals surface area contributed by atoms with Crippen LogP contribution in [0.25, 0.3) is 0 Å². The Morgan fingerprint density at radius 3 is 2.73 bits per heavy atom. The van der Waals surface area contributed by atoms with Gasteiger partial charge in [0.25, 0.3) is 5.91 Å². The molecule has 1 saturated heterocycles. The molecular weight excluding hydrogens is 360 g/mol. The van der Waals surface area contributed by atoms with Crippen molar-refractivity contribution in [2.75, 3.05) is 25.9 Å². The molecule has 0 saturated carbocycles. The minimum absolute atomic E-state index is 0.0913. The third-order valence-electron chi connectivity index (χ3n) is 4.33. The smallest absolute Gasteiger partial charge is 0.271 e. The Morgan fingerprint density at radius 1 is 1.38 bits per heavy atom. The molecule has 1 amide bonds. The van der Waals surface area contributed by atoms with Crippen molar-refractivity contribution in [3.8, 4) is 0 Å². The van der Waals surface area contributed by atoms with Gasteiger partial charge in [-0.15, -0.1) is 0 Å². The number of amides is 1. The molecule has 0 atom stereocenters. The third kappa shape index (κ3) is 4.47. The van der Waals surface area contributed by atoms with Crippen LogP contribution in [-0.2, 0) is 23.5 Å². The first kappa shape index (κ1) is 18.5. The summed E-state index contributed by atoms with van der Waals surface area (Å²) in [6.45, 7) is 1.30. The summed E-state index contributed by atoms with van der Waals surface area (Å²) in [6.07, 6.45) is 6.19. The Labute approximate surface area is 151 Å². The van der Waals surface area contributed by atoms with Gasteiger partial charge >= 0.3 is 0 Å². The molecule has 2 aromatic heterocycles. The van der Waals surface area contributed by atoms with E-state index in [0.29, 0.717) is 56.3 Å². The van der Waals surface area contributed by atoms with E-state index in [-0.39, 0.29) is 11.8 Å².